The van der Waals surface area contributed by atoms with Gasteiger partial charge >= 0.3 is 12.2 Å². The van der Waals surface area contributed by atoms with Crippen LogP contribution < -0.4 is 0 Å². The van der Waals surface area contributed by atoms with Crippen LogP contribution in [-0.4, -0.2) is 60.9 Å². The zero-order chi connectivity index (χ0) is 15.7. The fourth-order valence-electron chi connectivity index (χ4n) is 4.73. The Morgan fingerprint density at radius 3 is 2.18 bits per heavy atom. The van der Waals surface area contributed by atoms with Gasteiger partial charge in [-0.3, -0.25) is 4.90 Å². The summed E-state index contributed by atoms with van der Waals surface area (Å²) in [5, 5.41) is 0. The number of nitrogens with zero attached hydrogens (tertiary/aromatic N) is 2. The highest BCUT2D eigenvalue weighted by atomic mass is 16.5. The van der Waals surface area contributed by atoms with Crippen LogP contribution in [0.3, 0.4) is 0 Å². The lowest BCUT2D eigenvalue weighted by Crippen LogP contribution is -2.58. The molecule has 22 heavy (non-hydrogen) atoms. The van der Waals surface area contributed by atoms with Gasteiger partial charge in [-0.15, -0.1) is 0 Å². The Bertz CT molecular complexity index is 442. The maximum Gasteiger partial charge on any atom is 0.410 e. The molecule has 3 heterocycles. The molecule has 0 aromatic heterocycles. The minimum Gasteiger partial charge on any atom is -0.453 e. The highest BCUT2D eigenvalue weighted by molar-refractivity contribution is 5.70. The summed E-state index contributed by atoms with van der Waals surface area (Å²) in [6.07, 6.45) is 6.72. The maximum atomic E-state index is 12.4. The minimum absolute atomic E-state index is 0.0552. The van der Waals surface area contributed by atoms with Crippen LogP contribution in [0.4, 0.5) is 9.59 Å². The molecule has 0 unspecified atom stereocenters. The van der Waals surface area contributed by atoms with Crippen molar-refractivity contribution in [2.24, 2.45) is 5.92 Å². The van der Waals surface area contributed by atoms with Gasteiger partial charge in [-0.1, -0.05) is 12.8 Å². The maximum absolute atomic E-state index is 12.4. The number of likely N-dealkylation sites (tertiary alicyclic amines) is 1. The van der Waals surface area contributed by atoms with Crippen LogP contribution in [-0.2, 0) is 9.47 Å². The number of fused-ring (bicyclic) bond motifs is 7. The lowest BCUT2D eigenvalue weighted by molar-refractivity contribution is 0.0226. The molecule has 6 nitrogen and oxygen atoms in total. The lowest BCUT2D eigenvalue weighted by Gasteiger charge is -2.44. The van der Waals surface area contributed by atoms with E-state index in [0.29, 0.717) is 5.92 Å². The molecule has 124 valence electrons. The zero-order valence-corrected chi connectivity index (χ0v) is 13.5. The van der Waals surface area contributed by atoms with Gasteiger partial charge in [0.2, 0.25) is 0 Å². The summed E-state index contributed by atoms with van der Waals surface area (Å²) in [6, 6.07) is 0.383. The molecule has 0 N–H and O–H groups in total. The monoisotopic (exact) mass is 310 g/mol. The van der Waals surface area contributed by atoms with Crippen LogP contribution in [0.5, 0.6) is 0 Å². The van der Waals surface area contributed by atoms with Crippen molar-refractivity contribution in [2.45, 2.75) is 63.1 Å². The van der Waals surface area contributed by atoms with Crippen molar-refractivity contribution >= 4 is 12.2 Å². The second-order valence-electron chi connectivity index (χ2n) is 6.65. The predicted molar refractivity (Wildman–Crippen MR) is 80.5 cm³/mol. The van der Waals surface area contributed by atoms with Gasteiger partial charge in [0.05, 0.1) is 26.3 Å². The number of ether oxygens (including phenoxy) is 2. The van der Waals surface area contributed by atoms with Crippen LogP contribution in [0.1, 0.15) is 44.9 Å². The Hall–Kier alpha value is -1.46. The molecule has 0 saturated carbocycles. The molecule has 0 aliphatic carbocycles. The third-order valence-corrected chi connectivity index (χ3v) is 5.72. The second-order valence-corrected chi connectivity index (χ2v) is 6.65. The third kappa shape index (κ3) is 2.52. The van der Waals surface area contributed by atoms with Gasteiger partial charge in [0.25, 0.3) is 0 Å². The average Bonchev–Trinajstić information content (AvgIpc) is 2.95. The van der Waals surface area contributed by atoms with Crippen molar-refractivity contribution in [3.8, 4) is 0 Å². The largest absolute Gasteiger partial charge is 0.453 e. The summed E-state index contributed by atoms with van der Waals surface area (Å²) in [6.45, 7) is 0.740. The molecule has 3 fully saturated rings. The minimum atomic E-state index is -0.266. The number of hydrogen-bond acceptors (Lipinski definition) is 4. The van der Waals surface area contributed by atoms with Gasteiger partial charge < -0.3 is 14.4 Å². The summed E-state index contributed by atoms with van der Waals surface area (Å²) < 4.78 is 10.1. The molecule has 6 heteroatoms. The lowest BCUT2D eigenvalue weighted by atomic mass is 9.89. The van der Waals surface area contributed by atoms with E-state index in [-0.39, 0.29) is 30.3 Å². The van der Waals surface area contributed by atoms with E-state index in [9.17, 15) is 9.59 Å². The molecule has 3 rings (SSSR count). The van der Waals surface area contributed by atoms with Crippen LogP contribution in [0.15, 0.2) is 0 Å². The van der Waals surface area contributed by atoms with E-state index in [1.165, 1.54) is 14.2 Å². The molecule has 0 aromatic rings. The first-order chi connectivity index (χ1) is 10.7. The summed E-state index contributed by atoms with van der Waals surface area (Å²) in [5.41, 5.74) is 0. The number of rotatable bonds is 0. The summed E-state index contributed by atoms with van der Waals surface area (Å²) in [4.78, 5) is 28.4. The van der Waals surface area contributed by atoms with Crippen molar-refractivity contribution in [3.05, 3.63) is 0 Å². The van der Waals surface area contributed by atoms with Crippen molar-refractivity contribution < 1.29 is 19.1 Å². The van der Waals surface area contributed by atoms with Crippen molar-refractivity contribution in [3.63, 3.8) is 0 Å². The Kier molecular flexibility index (Phi) is 4.45. The smallest absolute Gasteiger partial charge is 0.410 e. The molecule has 3 aliphatic heterocycles. The number of carbonyl (C=O) groups is 2. The first kappa shape index (κ1) is 15.4. The SMILES string of the molecule is COC(=O)N1CC[C@H]2CC[C@H]1[C@H]1CCCC[C@H]2N1C(=O)OC. The normalized spacial score (nSPS) is 34.5. The number of amides is 2. The molecule has 0 spiro atoms. The van der Waals surface area contributed by atoms with E-state index in [4.69, 9.17) is 9.47 Å². The van der Waals surface area contributed by atoms with Crippen molar-refractivity contribution in [2.75, 3.05) is 20.8 Å². The Morgan fingerprint density at radius 1 is 0.818 bits per heavy atom. The number of hydrogen-bond donors (Lipinski definition) is 0. The van der Waals surface area contributed by atoms with Gasteiger partial charge in [0.15, 0.2) is 0 Å². The standard InChI is InChI=1S/C16H26N2O4/c1-21-15(19)17-10-9-11-7-8-13(17)14-6-4-3-5-12(11)18(14)16(20)22-2/h11-14H,3-10H2,1-2H3/t11-,12-,13+,14-/m1/s1. The summed E-state index contributed by atoms with van der Waals surface area (Å²) >= 11 is 0. The first-order valence-corrected chi connectivity index (χ1v) is 8.38. The highest BCUT2D eigenvalue weighted by Gasteiger charge is 2.48. The zero-order valence-electron chi connectivity index (χ0n) is 13.5. The van der Waals surface area contributed by atoms with Crippen LogP contribution >= 0.6 is 0 Å². The van der Waals surface area contributed by atoms with E-state index in [2.05, 4.69) is 0 Å². The van der Waals surface area contributed by atoms with Gasteiger partial charge in [0, 0.05) is 12.6 Å². The number of methoxy groups -OCH3 is 2. The third-order valence-electron chi connectivity index (χ3n) is 5.72. The van der Waals surface area contributed by atoms with Gasteiger partial charge in [0.1, 0.15) is 0 Å². The van der Waals surface area contributed by atoms with Crippen LogP contribution in [0.2, 0.25) is 0 Å². The van der Waals surface area contributed by atoms with Crippen molar-refractivity contribution in [1.82, 2.24) is 9.80 Å². The van der Waals surface area contributed by atoms with Gasteiger partial charge in [-0.2, -0.15) is 0 Å². The molecule has 0 radical (unpaired) electrons. The Balaban J connectivity index is 1.98. The molecular weight excluding hydrogens is 284 g/mol. The fraction of sp³-hybridized carbons (Fsp3) is 0.875. The Morgan fingerprint density at radius 2 is 1.50 bits per heavy atom. The summed E-state index contributed by atoms with van der Waals surface area (Å²) in [7, 11) is 2.88. The second kappa shape index (κ2) is 6.34. The molecule has 3 aliphatic rings. The van der Waals surface area contributed by atoms with E-state index >= 15 is 0 Å². The predicted octanol–water partition coefficient (Wildman–Crippen LogP) is 2.62. The van der Waals surface area contributed by atoms with Gasteiger partial charge in [-0.05, 0) is 38.0 Å². The molecule has 4 atom stereocenters. The summed E-state index contributed by atoms with van der Waals surface area (Å²) in [5.74, 6) is 0.458. The quantitative estimate of drug-likeness (QED) is 0.690. The topological polar surface area (TPSA) is 59.1 Å². The van der Waals surface area contributed by atoms with E-state index in [1.54, 1.807) is 0 Å². The van der Waals surface area contributed by atoms with E-state index < -0.39 is 0 Å². The molecule has 3 saturated heterocycles. The van der Waals surface area contributed by atoms with E-state index in [0.717, 1.165) is 51.5 Å². The Labute approximate surface area is 131 Å². The molecular formula is C16H26N2O4. The van der Waals surface area contributed by atoms with Crippen LogP contribution in [0, 0.1) is 5.92 Å². The molecule has 0 aromatic carbocycles. The average molecular weight is 310 g/mol. The van der Waals surface area contributed by atoms with Crippen molar-refractivity contribution in [1.29, 1.82) is 0 Å². The first-order valence-electron chi connectivity index (χ1n) is 8.38. The van der Waals surface area contributed by atoms with E-state index in [1.807, 2.05) is 9.80 Å². The fourth-order valence-corrected chi connectivity index (χ4v) is 4.73. The van der Waals surface area contributed by atoms with Crippen LogP contribution in [0.25, 0.3) is 0 Å². The molecule has 2 amide bonds. The molecule has 4 bridgehead atoms. The number of carbonyl (C=O) groups excluding carboxylic acids is 2. The highest BCUT2D eigenvalue weighted by Crippen LogP contribution is 2.41. The van der Waals surface area contributed by atoms with Gasteiger partial charge in [-0.25, -0.2) is 9.59 Å².